The van der Waals surface area contributed by atoms with Crippen LogP contribution in [0.2, 0.25) is 0 Å². The average molecular weight is 312 g/mol. The van der Waals surface area contributed by atoms with Crippen molar-refractivity contribution >= 4 is 27.8 Å². The van der Waals surface area contributed by atoms with Crippen molar-refractivity contribution in [2.24, 2.45) is 0 Å². The summed E-state index contributed by atoms with van der Waals surface area (Å²) in [6.07, 6.45) is 2.36. The molecule has 2 aromatic heterocycles. The molecular weight excluding hydrogens is 296 g/mol. The summed E-state index contributed by atoms with van der Waals surface area (Å²) >= 11 is 0. The Balaban J connectivity index is 2.27. The van der Waals surface area contributed by atoms with Crippen molar-refractivity contribution < 1.29 is 14.3 Å². The van der Waals surface area contributed by atoms with Gasteiger partial charge >= 0.3 is 5.97 Å². The van der Waals surface area contributed by atoms with Gasteiger partial charge in [-0.1, -0.05) is 13.0 Å². The van der Waals surface area contributed by atoms with Crippen molar-refractivity contribution in [2.45, 2.75) is 13.3 Å². The number of hydrogen-bond donors (Lipinski definition) is 1. The number of carbonyl (C=O) groups is 1. The van der Waals surface area contributed by atoms with Gasteiger partial charge in [-0.05, 0) is 12.5 Å². The van der Waals surface area contributed by atoms with Crippen LogP contribution in [0.4, 0.5) is 0 Å². The largest absolute Gasteiger partial charge is 0.494 e. The Morgan fingerprint density at radius 3 is 2.91 bits per heavy atom. The van der Waals surface area contributed by atoms with E-state index in [4.69, 9.17) is 9.47 Å². The molecule has 0 aliphatic heterocycles. The van der Waals surface area contributed by atoms with Crippen LogP contribution in [0, 0.1) is 0 Å². The smallest absolute Gasteiger partial charge is 0.354 e. The molecule has 0 unspecified atom stereocenters. The van der Waals surface area contributed by atoms with Gasteiger partial charge in [0.05, 0.1) is 24.6 Å². The Labute approximate surface area is 132 Å². The summed E-state index contributed by atoms with van der Waals surface area (Å²) in [6.45, 7) is 2.21. The highest BCUT2D eigenvalue weighted by atomic mass is 16.5. The maximum absolute atomic E-state index is 12.5. The van der Waals surface area contributed by atoms with E-state index >= 15 is 0 Å². The van der Waals surface area contributed by atoms with Crippen molar-refractivity contribution in [1.82, 2.24) is 9.97 Å². The summed E-state index contributed by atoms with van der Waals surface area (Å²) < 4.78 is 10.4. The summed E-state index contributed by atoms with van der Waals surface area (Å²) in [5.74, 6) is -0.0149. The summed E-state index contributed by atoms with van der Waals surface area (Å²) in [6, 6.07) is 6.49. The van der Waals surface area contributed by atoms with E-state index in [-0.39, 0.29) is 11.1 Å². The molecule has 3 aromatic rings. The molecule has 2 heterocycles. The van der Waals surface area contributed by atoms with Crippen LogP contribution < -0.4 is 10.2 Å². The molecule has 0 amide bonds. The van der Waals surface area contributed by atoms with E-state index in [1.54, 1.807) is 24.4 Å². The van der Waals surface area contributed by atoms with Gasteiger partial charge in [-0.2, -0.15) is 0 Å². The molecule has 0 radical (unpaired) electrons. The summed E-state index contributed by atoms with van der Waals surface area (Å²) in [5.41, 5.74) is 0.983. The molecule has 3 rings (SSSR count). The predicted molar refractivity (Wildman–Crippen MR) is 87.0 cm³/mol. The number of pyridine rings is 2. The number of aromatic nitrogens is 2. The Morgan fingerprint density at radius 1 is 1.35 bits per heavy atom. The lowest BCUT2D eigenvalue weighted by Crippen LogP contribution is -2.13. The van der Waals surface area contributed by atoms with E-state index in [2.05, 4.69) is 9.97 Å². The lowest BCUT2D eigenvalue weighted by atomic mass is 10.1. The van der Waals surface area contributed by atoms with Gasteiger partial charge in [0.2, 0.25) is 0 Å². The van der Waals surface area contributed by atoms with Crippen LogP contribution in [-0.4, -0.2) is 29.7 Å². The highest BCUT2D eigenvalue weighted by molar-refractivity contribution is 6.08. The molecule has 0 saturated heterocycles. The first-order chi connectivity index (χ1) is 11.2. The van der Waals surface area contributed by atoms with E-state index < -0.39 is 5.97 Å². The molecule has 6 nitrogen and oxygen atoms in total. The molecule has 0 spiro atoms. The number of benzene rings is 1. The molecule has 23 heavy (non-hydrogen) atoms. The van der Waals surface area contributed by atoms with Gasteiger partial charge in [-0.15, -0.1) is 0 Å². The van der Waals surface area contributed by atoms with Crippen molar-refractivity contribution in [1.29, 1.82) is 0 Å². The first-order valence-corrected chi connectivity index (χ1v) is 7.31. The monoisotopic (exact) mass is 312 g/mol. The first-order valence-electron chi connectivity index (χ1n) is 7.31. The van der Waals surface area contributed by atoms with Crippen LogP contribution in [0.1, 0.15) is 23.8 Å². The number of esters is 1. The van der Waals surface area contributed by atoms with Crippen molar-refractivity contribution in [3.05, 3.63) is 46.4 Å². The zero-order valence-corrected chi connectivity index (χ0v) is 12.9. The van der Waals surface area contributed by atoms with Gasteiger partial charge in [0.1, 0.15) is 17.0 Å². The molecule has 0 aliphatic carbocycles. The van der Waals surface area contributed by atoms with E-state index in [0.29, 0.717) is 40.6 Å². The summed E-state index contributed by atoms with van der Waals surface area (Å²) in [5, 5.41) is 1.15. The van der Waals surface area contributed by atoms with E-state index in [1.807, 2.05) is 6.92 Å². The highest BCUT2D eigenvalue weighted by Crippen LogP contribution is 2.29. The second-order valence-corrected chi connectivity index (χ2v) is 5.08. The second-order valence-electron chi connectivity index (χ2n) is 5.08. The number of ether oxygens (including phenoxy) is 2. The Hall–Kier alpha value is -2.89. The topological polar surface area (TPSA) is 81.3 Å². The number of nitrogens with zero attached hydrogens (tertiary/aromatic N) is 1. The molecular formula is C17H16N2O4. The number of hydrogen-bond acceptors (Lipinski definition) is 5. The fourth-order valence-corrected chi connectivity index (χ4v) is 2.51. The zero-order chi connectivity index (χ0) is 16.4. The van der Waals surface area contributed by atoms with Crippen molar-refractivity contribution in [3.63, 3.8) is 0 Å². The quantitative estimate of drug-likeness (QED) is 0.591. The molecule has 0 fully saturated rings. The van der Waals surface area contributed by atoms with E-state index in [1.165, 1.54) is 13.2 Å². The fraction of sp³-hybridized carbons (Fsp3) is 0.235. The van der Waals surface area contributed by atoms with Crippen LogP contribution in [-0.2, 0) is 4.74 Å². The number of nitrogens with one attached hydrogen (secondary N) is 1. The predicted octanol–water partition coefficient (Wildman–Crippen LogP) is 2.65. The van der Waals surface area contributed by atoms with Crippen LogP contribution in [0.25, 0.3) is 21.8 Å². The van der Waals surface area contributed by atoms with Crippen molar-refractivity contribution in [3.8, 4) is 5.75 Å². The molecule has 6 heteroatoms. The third-order valence-electron chi connectivity index (χ3n) is 3.52. The first kappa shape index (κ1) is 15.0. The number of rotatable bonds is 4. The number of methoxy groups -OCH3 is 1. The van der Waals surface area contributed by atoms with Gasteiger partial charge in [0.15, 0.2) is 5.43 Å². The van der Waals surface area contributed by atoms with Crippen molar-refractivity contribution in [2.75, 3.05) is 13.7 Å². The van der Waals surface area contributed by atoms with Crippen LogP contribution in [0.15, 0.2) is 35.3 Å². The molecule has 1 N–H and O–H groups in total. The third-order valence-corrected chi connectivity index (χ3v) is 3.52. The molecule has 0 saturated carbocycles. The molecule has 1 aromatic carbocycles. The minimum absolute atomic E-state index is 0.126. The zero-order valence-electron chi connectivity index (χ0n) is 12.9. The minimum atomic E-state index is -0.545. The SMILES string of the molecule is CCCOC(=O)c1cc(=O)c2c(cc(OC)c3ncccc32)[nH]1. The molecule has 118 valence electrons. The Morgan fingerprint density at radius 2 is 2.17 bits per heavy atom. The Bertz CT molecular complexity index is 946. The van der Waals surface area contributed by atoms with Gasteiger partial charge in [-0.3, -0.25) is 9.78 Å². The van der Waals surface area contributed by atoms with E-state index in [0.717, 1.165) is 0 Å². The van der Waals surface area contributed by atoms with Crippen LogP contribution in [0.5, 0.6) is 5.75 Å². The lowest BCUT2D eigenvalue weighted by molar-refractivity contribution is 0.0498. The van der Waals surface area contributed by atoms with E-state index in [9.17, 15) is 9.59 Å². The van der Waals surface area contributed by atoms with Gasteiger partial charge < -0.3 is 14.5 Å². The van der Waals surface area contributed by atoms with Gasteiger partial charge in [0, 0.05) is 23.7 Å². The number of carbonyl (C=O) groups excluding carboxylic acids is 1. The summed E-state index contributed by atoms with van der Waals surface area (Å²) in [7, 11) is 1.53. The van der Waals surface area contributed by atoms with Crippen LogP contribution in [0.3, 0.4) is 0 Å². The number of aromatic amines is 1. The lowest BCUT2D eigenvalue weighted by Gasteiger charge is -2.09. The minimum Gasteiger partial charge on any atom is -0.494 e. The number of H-pyrrole nitrogens is 1. The standard InChI is InChI=1S/C17H16N2O4/c1-3-7-23-17(21)12-8-13(20)15-10-5-4-6-18-16(10)14(22-2)9-11(15)19-12/h4-6,8-9H,3,7H2,1-2H3,(H,19,20). The Kier molecular flexibility index (Phi) is 3.97. The fourth-order valence-electron chi connectivity index (χ4n) is 2.51. The van der Waals surface area contributed by atoms with Gasteiger partial charge in [-0.25, -0.2) is 4.79 Å². The second kappa shape index (κ2) is 6.08. The molecule has 0 bridgehead atoms. The van der Waals surface area contributed by atoms with Crippen LogP contribution >= 0.6 is 0 Å². The van der Waals surface area contributed by atoms with Gasteiger partial charge in [0.25, 0.3) is 0 Å². The molecule has 0 atom stereocenters. The number of fused-ring (bicyclic) bond motifs is 3. The molecule has 0 aliphatic rings. The maximum Gasteiger partial charge on any atom is 0.354 e. The maximum atomic E-state index is 12.5. The highest BCUT2D eigenvalue weighted by Gasteiger charge is 2.15. The average Bonchev–Trinajstić information content (AvgIpc) is 2.58. The summed E-state index contributed by atoms with van der Waals surface area (Å²) in [4.78, 5) is 31.7. The normalized spacial score (nSPS) is 10.9. The third kappa shape index (κ3) is 2.63.